The average Bonchev–Trinajstić information content (AvgIpc) is 3.62. The van der Waals surface area contributed by atoms with E-state index in [9.17, 15) is 0 Å². The van der Waals surface area contributed by atoms with Crippen LogP contribution in [0.5, 0.6) is 0 Å². The molecule has 2 N–H and O–H groups in total. The predicted molar refractivity (Wildman–Crippen MR) is 215 cm³/mol. The van der Waals surface area contributed by atoms with Crippen LogP contribution in [0.1, 0.15) is 54.6 Å². The fourth-order valence-corrected chi connectivity index (χ4v) is 10.0. The fraction of sp³-hybridized carbons (Fsp3) is 0.149. The minimum absolute atomic E-state index is 0.0537. The summed E-state index contributed by atoms with van der Waals surface area (Å²) in [5, 5.41) is 1.26. The maximum atomic E-state index is 7.14. The van der Waals surface area contributed by atoms with Crippen molar-refractivity contribution in [2.75, 3.05) is 5.73 Å². The quantitative estimate of drug-likeness (QED) is 0.186. The molecule has 0 saturated heterocycles. The van der Waals surface area contributed by atoms with Crippen LogP contribution < -0.4 is 5.73 Å². The number of hydrogen-bond donors (Lipinski definition) is 1. The lowest BCUT2D eigenvalue weighted by molar-refractivity contribution is 0.690. The Kier molecular flexibility index (Phi) is 7.37. The van der Waals surface area contributed by atoms with E-state index in [4.69, 9.17) is 5.73 Å². The Balaban J connectivity index is 1.40. The van der Waals surface area contributed by atoms with Gasteiger partial charge in [0.25, 0.3) is 0 Å². The summed E-state index contributed by atoms with van der Waals surface area (Å²) in [7, 11) is 0. The summed E-state index contributed by atoms with van der Waals surface area (Å²) in [6, 6.07) is 39.8. The van der Waals surface area contributed by atoms with E-state index >= 15 is 0 Å². The van der Waals surface area contributed by atoms with Gasteiger partial charge in [-0.1, -0.05) is 128 Å². The molecule has 3 atom stereocenters. The van der Waals surface area contributed by atoms with Crippen LogP contribution in [0.4, 0.5) is 5.69 Å². The average molecular weight is 665 g/mol. The van der Waals surface area contributed by atoms with Gasteiger partial charge >= 0.3 is 0 Å². The second-order valence-corrected chi connectivity index (χ2v) is 15.5. The molecule has 1 aromatic heterocycles. The van der Waals surface area contributed by atoms with Crippen molar-refractivity contribution >= 4 is 40.0 Å². The Morgan fingerprint density at radius 1 is 0.840 bits per heavy atom. The van der Waals surface area contributed by atoms with Gasteiger partial charge in [-0.3, -0.25) is 0 Å². The van der Waals surface area contributed by atoms with Crippen molar-refractivity contribution in [3.05, 3.63) is 174 Å². The predicted octanol–water partition coefficient (Wildman–Crippen LogP) is 12.3. The number of nitrogens with two attached hydrogens (primary N) is 1. The second-order valence-electron chi connectivity index (χ2n) is 14.1. The SMILES string of the molecule is C/C=C(/c1ccccc1)c1ccccc1-c1cc2c(cc1-c1c(N)ccc3c1SC1(C)C=CC=CC31)c1c(n2-c2ccccc2)CC(C)C=C1. The number of nitrogen functional groups attached to an aromatic ring is 1. The maximum Gasteiger partial charge on any atom is 0.0544 e. The number of thioether (sulfide) groups is 1. The molecule has 6 aromatic rings. The summed E-state index contributed by atoms with van der Waals surface area (Å²) in [6.07, 6.45) is 17.1. The van der Waals surface area contributed by atoms with Crippen molar-refractivity contribution in [2.24, 2.45) is 5.92 Å². The molecular weight excluding hydrogens is 625 g/mol. The molecule has 2 aliphatic carbocycles. The third-order valence-corrected chi connectivity index (χ3v) is 12.3. The molecule has 3 heteroatoms. The van der Waals surface area contributed by atoms with E-state index in [1.54, 1.807) is 0 Å². The zero-order valence-electron chi connectivity index (χ0n) is 28.7. The molecule has 244 valence electrons. The molecule has 0 radical (unpaired) electrons. The van der Waals surface area contributed by atoms with Crippen molar-refractivity contribution in [1.29, 1.82) is 0 Å². The van der Waals surface area contributed by atoms with Crippen molar-refractivity contribution in [2.45, 2.75) is 42.8 Å². The van der Waals surface area contributed by atoms with Crippen LogP contribution in [0.15, 0.2) is 151 Å². The number of benzene rings is 5. The standard InChI is InChI=1S/C47H40N2S/c1-4-33(31-15-7-5-8-16-31)34-19-11-12-20-35(34)38-29-44-39(36-23-22-30(2)27-43(36)49(44)32-17-9-6-10-18-32)28-40(38)45-42(48)25-24-37-41-21-13-14-26-47(41,3)50-46(37)45/h4-26,28-30,41H,27,48H2,1-3H3/b33-4-. The third-order valence-electron chi connectivity index (χ3n) is 10.9. The molecule has 0 bridgehead atoms. The third kappa shape index (κ3) is 4.79. The van der Waals surface area contributed by atoms with E-state index in [0.29, 0.717) is 11.8 Å². The van der Waals surface area contributed by atoms with Gasteiger partial charge in [-0.05, 0) is 95.5 Å². The lowest BCUT2D eigenvalue weighted by atomic mass is 9.81. The highest BCUT2D eigenvalue weighted by Gasteiger charge is 2.43. The Bertz CT molecular complexity index is 2430. The number of para-hydroxylation sites is 1. The Morgan fingerprint density at radius 2 is 1.60 bits per heavy atom. The van der Waals surface area contributed by atoms with Crippen LogP contribution in [0, 0.1) is 5.92 Å². The molecule has 0 saturated carbocycles. The Labute approximate surface area is 299 Å². The highest BCUT2D eigenvalue weighted by molar-refractivity contribution is 8.01. The highest BCUT2D eigenvalue weighted by Crippen LogP contribution is 2.60. The van der Waals surface area contributed by atoms with Gasteiger partial charge in [0.05, 0.1) is 5.52 Å². The fourth-order valence-electron chi connectivity index (χ4n) is 8.47. The molecular formula is C47H40N2S. The smallest absolute Gasteiger partial charge is 0.0544 e. The minimum atomic E-state index is -0.0537. The number of anilines is 1. The van der Waals surface area contributed by atoms with E-state index in [1.807, 2.05) is 11.8 Å². The van der Waals surface area contributed by atoms with Crippen molar-refractivity contribution in [3.8, 4) is 27.9 Å². The summed E-state index contributed by atoms with van der Waals surface area (Å²) < 4.78 is 2.45. The summed E-state index contributed by atoms with van der Waals surface area (Å²) in [6.45, 7) is 6.82. The topological polar surface area (TPSA) is 30.9 Å². The normalized spacial score (nSPS) is 20.6. The first-order chi connectivity index (χ1) is 24.4. The maximum absolute atomic E-state index is 7.14. The summed E-state index contributed by atoms with van der Waals surface area (Å²) in [5.74, 6) is 0.766. The van der Waals surface area contributed by atoms with Crippen LogP contribution in [-0.4, -0.2) is 9.31 Å². The van der Waals surface area contributed by atoms with E-state index in [-0.39, 0.29) is 4.75 Å². The molecule has 3 unspecified atom stereocenters. The first-order valence-electron chi connectivity index (χ1n) is 17.7. The number of hydrogen-bond acceptors (Lipinski definition) is 2. The molecule has 9 rings (SSSR count). The van der Waals surface area contributed by atoms with Crippen LogP contribution >= 0.6 is 11.8 Å². The van der Waals surface area contributed by atoms with E-state index in [1.165, 1.54) is 71.7 Å². The lowest BCUT2D eigenvalue weighted by Crippen LogP contribution is -2.22. The van der Waals surface area contributed by atoms with Crippen molar-refractivity contribution in [1.82, 2.24) is 4.57 Å². The Morgan fingerprint density at radius 3 is 2.40 bits per heavy atom. The number of fused-ring (bicyclic) bond motifs is 6. The second kappa shape index (κ2) is 12.0. The molecule has 0 fully saturated rings. The summed E-state index contributed by atoms with van der Waals surface area (Å²) >= 11 is 1.96. The molecule has 2 nitrogen and oxygen atoms in total. The molecule has 3 aliphatic rings. The van der Waals surface area contributed by atoms with Gasteiger partial charge in [-0.25, -0.2) is 0 Å². The summed E-state index contributed by atoms with van der Waals surface area (Å²) in [5.41, 5.74) is 22.8. The first kappa shape index (κ1) is 30.8. The molecule has 5 aromatic carbocycles. The lowest BCUT2D eigenvalue weighted by Gasteiger charge is -2.27. The number of rotatable bonds is 5. The van der Waals surface area contributed by atoms with Crippen LogP contribution in [0.25, 0.3) is 50.5 Å². The van der Waals surface area contributed by atoms with Gasteiger partial charge in [-0.2, -0.15) is 0 Å². The zero-order valence-corrected chi connectivity index (χ0v) is 29.5. The minimum Gasteiger partial charge on any atom is -0.398 e. The summed E-state index contributed by atoms with van der Waals surface area (Å²) in [4.78, 5) is 1.29. The van der Waals surface area contributed by atoms with Gasteiger partial charge in [0.15, 0.2) is 0 Å². The van der Waals surface area contributed by atoms with Gasteiger partial charge in [-0.15, -0.1) is 11.8 Å². The largest absolute Gasteiger partial charge is 0.398 e. The monoisotopic (exact) mass is 664 g/mol. The number of allylic oxidation sites excluding steroid dienone is 5. The van der Waals surface area contributed by atoms with Crippen molar-refractivity contribution < 1.29 is 0 Å². The zero-order chi connectivity index (χ0) is 34.0. The van der Waals surface area contributed by atoms with Gasteiger partial charge in [0.2, 0.25) is 0 Å². The molecule has 0 spiro atoms. The highest BCUT2D eigenvalue weighted by atomic mass is 32.2. The molecule has 0 amide bonds. The van der Waals surface area contributed by atoms with E-state index in [0.717, 1.165) is 17.7 Å². The van der Waals surface area contributed by atoms with E-state index in [2.05, 4.69) is 177 Å². The van der Waals surface area contributed by atoms with Crippen LogP contribution in [0.3, 0.4) is 0 Å². The van der Waals surface area contributed by atoms with Crippen LogP contribution in [0.2, 0.25) is 0 Å². The Hall–Kier alpha value is -5.25. The molecule has 1 aliphatic heterocycles. The van der Waals surface area contributed by atoms with Gasteiger partial charge < -0.3 is 10.3 Å². The van der Waals surface area contributed by atoms with Gasteiger partial charge in [0, 0.05) is 49.1 Å². The molecule has 2 heterocycles. The van der Waals surface area contributed by atoms with Crippen molar-refractivity contribution in [3.63, 3.8) is 0 Å². The number of aromatic nitrogens is 1. The van der Waals surface area contributed by atoms with Gasteiger partial charge in [0.1, 0.15) is 0 Å². The first-order valence-corrected chi connectivity index (χ1v) is 18.5. The molecule has 50 heavy (non-hydrogen) atoms. The number of nitrogens with zero attached hydrogens (tertiary/aromatic N) is 1. The van der Waals surface area contributed by atoms with E-state index < -0.39 is 0 Å². The van der Waals surface area contributed by atoms with Crippen LogP contribution in [-0.2, 0) is 6.42 Å².